The van der Waals surface area contributed by atoms with Crippen molar-refractivity contribution in [3.8, 4) is 100 Å². The Morgan fingerprint density at radius 3 is 1.09 bits per heavy atom. The summed E-state index contributed by atoms with van der Waals surface area (Å²) in [6.45, 7) is 0. The van der Waals surface area contributed by atoms with Gasteiger partial charge in [-0.2, -0.15) is 0 Å². The molecule has 2 nitrogen and oxygen atoms in total. The molecule has 2 heteroatoms. The fourth-order valence-corrected chi connectivity index (χ4v) is 18.0. The van der Waals surface area contributed by atoms with Crippen LogP contribution in [0.2, 0.25) is 0 Å². The van der Waals surface area contributed by atoms with Gasteiger partial charge in [0.2, 0.25) is 0 Å². The molecule has 0 radical (unpaired) electrons. The van der Waals surface area contributed by atoms with Crippen LogP contribution >= 0.6 is 0 Å². The SMILES string of the molecule is c1ccc(-c2c3ccccc3c(-c3ccc(-c4ccc(-c5ccc(-c6c7ccccc7c(-c7cccc8oc9c(-c%10cccc%11ccccc%10%11)cccc9c78)c7ccccc67)c(-c6ccc7ccccc7c6)c5)c5ccccc45)c4oc5ccccc5c34)c3ccccc23)c(-c2ccc3ccccc3c2)c1. The second-order valence-electron chi connectivity index (χ2n) is 28.3. The van der Waals surface area contributed by atoms with E-state index >= 15 is 0 Å². The van der Waals surface area contributed by atoms with Crippen LogP contribution in [0.4, 0.5) is 0 Å². The van der Waals surface area contributed by atoms with Crippen LogP contribution in [0.15, 0.2) is 385 Å². The highest BCUT2D eigenvalue weighted by molar-refractivity contribution is 6.30. The molecule has 20 aromatic carbocycles. The quantitative estimate of drug-likeness (QED) is 0.135. The Hall–Kier alpha value is -13.9. The first-order valence-corrected chi connectivity index (χ1v) is 36.6. The molecule has 22 rings (SSSR count). The number of para-hydroxylation sites is 2. The van der Waals surface area contributed by atoms with E-state index in [1.807, 2.05) is 0 Å². The number of benzene rings is 20. The van der Waals surface area contributed by atoms with Gasteiger partial charge >= 0.3 is 0 Å². The monoisotopic (exact) mass is 1340 g/mol. The Labute approximate surface area is 611 Å². The minimum atomic E-state index is 0.855. The predicted octanol–water partition coefficient (Wildman–Crippen LogP) is 29.7. The van der Waals surface area contributed by atoms with Crippen molar-refractivity contribution in [3.05, 3.63) is 376 Å². The molecule has 0 atom stereocenters. The molecule has 22 aromatic rings. The van der Waals surface area contributed by atoms with Gasteiger partial charge in [0.1, 0.15) is 22.3 Å². The van der Waals surface area contributed by atoms with Gasteiger partial charge in [-0.25, -0.2) is 0 Å². The van der Waals surface area contributed by atoms with Crippen LogP contribution in [0.1, 0.15) is 0 Å². The molecule has 0 aliphatic heterocycles. The van der Waals surface area contributed by atoms with Crippen molar-refractivity contribution in [1.82, 2.24) is 0 Å². The first-order chi connectivity index (χ1) is 52.6. The van der Waals surface area contributed by atoms with E-state index in [9.17, 15) is 0 Å². The normalized spacial score (nSPS) is 12.0. The lowest BCUT2D eigenvalue weighted by atomic mass is 9.81. The molecular formula is C104H62O2. The second-order valence-corrected chi connectivity index (χ2v) is 28.3. The molecule has 0 fully saturated rings. The minimum Gasteiger partial charge on any atom is -0.455 e. The first kappa shape index (κ1) is 59.7. The maximum Gasteiger partial charge on any atom is 0.143 e. The van der Waals surface area contributed by atoms with E-state index in [-0.39, 0.29) is 0 Å². The second kappa shape index (κ2) is 23.8. The molecule has 106 heavy (non-hydrogen) atoms. The predicted molar refractivity (Wildman–Crippen MR) is 450 cm³/mol. The molecule has 0 saturated carbocycles. The molecule has 0 aliphatic rings. The van der Waals surface area contributed by atoms with Crippen molar-refractivity contribution in [2.75, 3.05) is 0 Å². The average molecular weight is 1340 g/mol. The van der Waals surface area contributed by atoms with E-state index in [2.05, 4.69) is 376 Å². The van der Waals surface area contributed by atoms with E-state index in [0.717, 1.165) is 110 Å². The van der Waals surface area contributed by atoms with Gasteiger partial charge in [-0.05, 0) is 212 Å². The number of hydrogen-bond donors (Lipinski definition) is 0. The third kappa shape index (κ3) is 9.18. The molecule has 2 heterocycles. The molecular weight excluding hydrogens is 1280 g/mol. The lowest BCUT2D eigenvalue weighted by molar-refractivity contribution is 0.670. The molecule has 0 unspecified atom stereocenters. The van der Waals surface area contributed by atoms with Crippen LogP contribution in [-0.4, -0.2) is 0 Å². The zero-order valence-electron chi connectivity index (χ0n) is 57.6. The third-order valence-electron chi connectivity index (χ3n) is 22.7. The maximum atomic E-state index is 7.28. The molecule has 0 spiro atoms. The van der Waals surface area contributed by atoms with Gasteiger partial charge in [-0.15, -0.1) is 0 Å². The summed E-state index contributed by atoms with van der Waals surface area (Å²) in [5, 5.41) is 23.5. The topological polar surface area (TPSA) is 26.3 Å². The summed E-state index contributed by atoms with van der Waals surface area (Å²) < 4.78 is 14.3. The van der Waals surface area contributed by atoms with E-state index in [0.29, 0.717) is 0 Å². The Morgan fingerprint density at radius 2 is 0.472 bits per heavy atom. The Balaban J connectivity index is 0.717. The fraction of sp³-hybridized carbons (Fsp3) is 0. The van der Waals surface area contributed by atoms with Crippen molar-refractivity contribution in [2.24, 2.45) is 0 Å². The number of furan rings is 2. The van der Waals surface area contributed by atoms with Gasteiger partial charge < -0.3 is 8.83 Å². The molecule has 0 aliphatic carbocycles. The first-order valence-electron chi connectivity index (χ1n) is 36.6. The zero-order valence-corrected chi connectivity index (χ0v) is 57.6. The number of fused-ring (bicyclic) bond motifs is 14. The van der Waals surface area contributed by atoms with E-state index in [1.165, 1.54) is 120 Å². The lowest BCUT2D eigenvalue weighted by Gasteiger charge is -2.21. The molecule has 0 saturated heterocycles. The summed E-state index contributed by atoms with van der Waals surface area (Å²) in [7, 11) is 0. The van der Waals surface area contributed by atoms with Crippen molar-refractivity contribution in [2.45, 2.75) is 0 Å². The summed E-state index contributed by atoms with van der Waals surface area (Å²) in [5.41, 5.74) is 24.3. The van der Waals surface area contributed by atoms with Gasteiger partial charge in [0.25, 0.3) is 0 Å². The van der Waals surface area contributed by atoms with Gasteiger partial charge in [-0.1, -0.05) is 340 Å². The van der Waals surface area contributed by atoms with E-state index < -0.39 is 0 Å². The Morgan fingerprint density at radius 1 is 0.142 bits per heavy atom. The van der Waals surface area contributed by atoms with Crippen molar-refractivity contribution >= 4 is 130 Å². The fourth-order valence-electron chi connectivity index (χ4n) is 18.0. The van der Waals surface area contributed by atoms with Crippen LogP contribution in [-0.2, 0) is 0 Å². The summed E-state index contributed by atoms with van der Waals surface area (Å²) in [5.74, 6) is 0. The highest BCUT2D eigenvalue weighted by atomic mass is 16.3. The average Bonchev–Trinajstić information content (AvgIpc) is 1.26. The van der Waals surface area contributed by atoms with Gasteiger partial charge in [0.05, 0.1) is 0 Å². The van der Waals surface area contributed by atoms with Crippen LogP contribution in [0.3, 0.4) is 0 Å². The minimum absolute atomic E-state index is 0.855. The highest BCUT2D eigenvalue weighted by Crippen LogP contribution is 2.54. The van der Waals surface area contributed by atoms with Gasteiger partial charge in [-0.3, -0.25) is 0 Å². The Kier molecular flexibility index (Phi) is 13.4. The molecule has 0 bridgehead atoms. The molecule has 0 N–H and O–H groups in total. The highest BCUT2D eigenvalue weighted by Gasteiger charge is 2.28. The third-order valence-corrected chi connectivity index (χ3v) is 22.7. The molecule has 2 aromatic heterocycles. The summed E-state index contributed by atoms with van der Waals surface area (Å²) in [6.07, 6.45) is 0. The lowest BCUT2D eigenvalue weighted by Crippen LogP contribution is -1.94. The summed E-state index contributed by atoms with van der Waals surface area (Å²) in [4.78, 5) is 0. The number of rotatable bonds is 9. The van der Waals surface area contributed by atoms with Crippen LogP contribution in [0.5, 0.6) is 0 Å². The van der Waals surface area contributed by atoms with Crippen LogP contribution in [0, 0.1) is 0 Å². The number of hydrogen-bond acceptors (Lipinski definition) is 2. The maximum absolute atomic E-state index is 7.28. The van der Waals surface area contributed by atoms with Crippen molar-refractivity contribution in [3.63, 3.8) is 0 Å². The van der Waals surface area contributed by atoms with Gasteiger partial charge in [0, 0.05) is 32.7 Å². The van der Waals surface area contributed by atoms with Crippen LogP contribution < -0.4 is 0 Å². The van der Waals surface area contributed by atoms with Crippen molar-refractivity contribution < 1.29 is 8.83 Å². The van der Waals surface area contributed by atoms with Gasteiger partial charge in [0.15, 0.2) is 0 Å². The summed E-state index contributed by atoms with van der Waals surface area (Å²) >= 11 is 0. The van der Waals surface area contributed by atoms with E-state index in [1.54, 1.807) is 0 Å². The smallest absolute Gasteiger partial charge is 0.143 e. The standard InChI is InChI=1S/C104H62O2/c1-3-27-66-60-68(52-50-63(66)24-1)72-31-7-10-34-78(72)97-79-35-11-17-41-85(79)100(86-42-18-12-36-80(86)97)92-59-58-89(104-102(92)90-43-19-20-48-95(90)105-104)77-57-56-73(74-32-8-9-33-76(74)77)70-54-55-87(94(62-70)69-53-51-64-25-2-4-28-67(64)61-69)98-81-37-13-15-39-83(81)99(84-40-16-14-38-82(84)98)91-46-23-49-96-101(91)93-47-22-45-88(103(93)106-96)75-44-21-29-65-26-5-6-30-71(65)75/h1-62H. The molecule has 490 valence electrons. The van der Waals surface area contributed by atoms with E-state index in [4.69, 9.17) is 8.83 Å². The summed E-state index contributed by atoms with van der Waals surface area (Å²) in [6, 6.07) is 139. The largest absolute Gasteiger partial charge is 0.455 e. The molecule has 0 amide bonds. The Bertz CT molecular complexity index is 7350. The zero-order chi connectivity index (χ0) is 69.5. The van der Waals surface area contributed by atoms with Crippen LogP contribution in [0.25, 0.3) is 230 Å². The van der Waals surface area contributed by atoms with Crippen molar-refractivity contribution in [1.29, 1.82) is 0 Å².